The van der Waals surface area contributed by atoms with Crippen molar-refractivity contribution in [1.29, 1.82) is 0 Å². The summed E-state index contributed by atoms with van der Waals surface area (Å²) in [5.41, 5.74) is 11.3. The second-order valence-electron chi connectivity index (χ2n) is 16.0. The maximum absolute atomic E-state index is 13.7. The Kier molecular flexibility index (Phi) is 24.0. The molecule has 2 aromatic heterocycles. The van der Waals surface area contributed by atoms with Crippen molar-refractivity contribution >= 4 is 101 Å². The molecule has 0 aliphatic carbocycles. The zero-order valence-electron chi connectivity index (χ0n) is 39.1. The zero-order valence-corrected chi connectivity index (χ0v) is 40.0. The van der Waals surface area contributed by atoms with Crippen molar-refractivity contribution in [3.8, 4) is 0 Å². The fourth-order valence-electron chi connectivity index (χ4n) is 6.61. The number of anilines is 2. The summed E-state index contributed by atoms with van der Waals surface area (Å²) in [6.07, 6.45) is -3.72. The van der Waals surface area contributed by atoms with E-state index in [2.05, 4.69) is 69.8 Å². The molecular formula is C42H56N14O17S. The van der Waals surface area contributed by atoms with Crippen LogP contribution < -0.4 is 59.6 Å². The van der Waals surface area contributed by atoms with Crippen LogP contribution in [-0.2, 0) is 54.5 Å². The van der Waals surface area contributed by atoms with Crippen molar-refractivity contribution in [2.45, 2.75) is 101 Å². The second-order valence-corrected chi connectivity index (χ2v) is 16.5. The highest BCUT2D eigenvalue weighted by Crippen LogP contribution is 2.13. The van der Waals surface area contributed by atoms with Gasteiger partial charge in [-0.1, -0.05) is 0 Å². The molecular weight excluding hydrogens is 1000 g/mol. The Morgan fingerprint density at radius 1 is 0.635 bits per heavy atom. The van der Waals surface area contributed by atoms with E-state index in [9.17, 15) is 83.1 Å². The summed E-state index contributed by atoms with van der Waals surface area (Å²) < 4.78 is 0. The van der Waals surface area contributed by atoms with Gasteiger partial charge in [-0.3, -0.25) is 52.9 Å². The summed E-state index contributed by atoms with van der Waals surface area (Å²) in [4.78, 5) is 166. The minimum atomic E-state index is -2.04. The molecule has 0 saturated heterocycles. The number of hydrogen-bond donors (Lipinski definition) is 17. The second kappa shape index (κ2) is 29.7. The van der Waals surface area contributed by atoms with Crippen LogP contribution in [0.1, 0.15) is 73.8 Å². The van der Waals surface area contributed by atoms with Crippen LogP contribution in [0, 0.1) is 0 Å². The monoisotopic (exact) mass is 1060 g/mol. The van der Waals surface area contributed by atoms with Gasteiger partial charge in [0.1, 0.15) is 36.3 Å². The number of hydrogen-bond acceptors (Lipinski definition) is 20. The Morgan fingerprint density at radius 2 is 1.16 bits per heavy atom. The van der Waals surface area contributed by atoms with E-state index in [-0.39, 0.29) is 67.4 Å². The smallest absolute Gasteiger partial charge is 0.326 e. The molecule has 31 nitrogen and oxygen atoms in total. The number of H-pyrrole nitrogens is 1. The standard InChI is InChI=1S/C42H56N14O17S/c43-18-45-12-1-2-22(35(65)53-27(15-31(62)63)38(68)54-26(14-30(60)61)37(67)52-25(11-13-74)41(72)73)50-36(66)23(8-10-29(58)59)49-28(57)9-7-24(40(70)71)51-34(64)19-3-5-20(6-4-19)46-16-21-17-47-33-32(48-21)39(69)56-42(44)55-33/h3-6,17,22-27,45-46,74H,1-2,7-16,18,43H2,(H,49,57)(H,50,66)(H,51,64)(H,52,67)(H,53,65)(H,54,68)(H,58,59)(H,60,61)(H,62,63)(H,70,71)(H,72,73)(H3,44,47,55,56,69)/t22-,23-,24-,25-,26-,27-/m0/s1. The average Bonchev–Trinajstić information content (AvgIpc) is 3.33. The lowest BCUT2D eigenvalue weighted by atomic mass is 10.0. The number of thiol groups is 1. The molecule has 6 amide bonds. The number of nitrogen functional groups attached to an aromatic ring is 1. The molecule has 3 rings (SSSR count). The largest absolute Gasteiger partial charge is 0.481 e. The van der Waals surface area contributed by atoms with Crippen LogP contribution in [0.3, 0.4) is 0 Å². The predicted molar refractivity (Wildman–Crippen MR) is 258 cm³/mol. The number of carboxylic acids is 5. The van der Waals surface area contributed by atoms with Crippen LogP contribution in [0.5, 0.6) is 0 Å². The number of aliphatic carboxylic acids is 5. The third-order valence-electron chi connectivity index (χ3n) is 10.3. The molecule has 0 saturated carbocycles. The molecule has 6 atom stereocenters. The first kappa shape index (κ1) is 59.8. The van der Waals surface area contributed by atoms with E-state index in [0.29, 0.717) is 11.4 Å². The van der Waals surface area contributed by atoms with Gasteiger partial charge < -0.3 is 79.5 Å². The molecule has 0 aliphatic rings. The van der Waals surface area contributed by atoms with E-state index in [4.69, 9.17) is 11.5 Å². The quantitative estimate of drug-likeness (QED) is 0.0156. The SMILES string of the molecule is NCNCCC[C@H](NC(=O)[C@H](CCC(=O)O)NC(=O)CC[C@H](NC(=O)c1ccc(NCc2cnc3nc(N)[nH]c(=O)c3n2)cc1)C(=O)O)C(=O)N[C@@H](CC(=O)O)C(=O)N[C@@H](CC(=O)O)C(=O)N[C@@H](CCS)C(=O)O. The third-order valence-corrected chi connectivity index (χ3v) is 10.6. The molecule has 3 aromatic rings. The molecule has 18 N–H and O–H groups in total. The Labute approximate surface area is 423 Å². The number of nitrogens with two attached hydrogens (primary N) is 2. The maximum atomic E-state index is 13.7. The molecule has 0 radical (unpaired) electrons. The van der Waals surface area contributed by atoms with Gasteiger partial charge in [0, 0.05) is 30.8 Å². The van der Waals surface area contributed by atoms with Crippen LogP contribution >= 0.6 is 12.6 Å². The Hall–Kier alpha value is -8.52. The highest BCUT2D eigenvalue weighted by atomic mass is 32.1. The number of nitrogens with zero attached hydrogens (tertiary/aromatic N) is 3. The number of benzene rings is 1. The lowest BCUT2D eigenvalue weighted by Crippen LogP contribution is -2.59. The number of aromatic amines is 1. The maximum Gasteiger partial charge on any atom is 0.326 e. The first-order valence-corrected chi connectivity index (χ1v) is 22.9. The normalized spacial score (nSPS) is 13.3. The van der Waals surface area contributed by atoms with E-state index < -0.39 is 146 Å². The minimum Gasteiger partial charge on any atom is -0.481 e. The fourth-order valence-corrected chi connectivity index (χ4v) is 6.87. The first-order chi connectivity index (χ1) is 35.0. The molecule has 0 spiro atoms. The Bertz CT molecular complexity index is 2600. The molecule has 32 heteroatoms. The number of rotatable bonds is 33. The van der Waals surface area contributed by atoms with E-state index in [1.54, 1.807) is 0 Å². The molecule has 0 bridgehead atoms. The number of carbonyl (C=O) groups is 11. The average molecular weight is 1060 g/mol. The zero-order chi connectivity index (χ0) is 55.1. The summed E-state index contributed by atoms with van der Waals surface area (Å²) in [5.74, 6) is -14.8. The third kappa shape index (κ3) is 20.3. The number of aromatic nitrogens is 4. The van der Waals surface area contributed by atoms with Crippen LogP contribution in [0.4, 0.5) is 11.6 Å². The highest BCUT2D eigenvalue weighted by molar-refractivity contribution is 7.80. The van der Waals surface area contributed by atoms with Gasteiger partial charge in [-0.15, -0.1) is 0 Å². The number of amides is 6. The van der Waals surface area contributed by atoms with E-state index in [1.807, 2.05) is 5.32 Å². The van der Waals surface area contributed by atoms with Crippen LogP contribution in [0.15, 0.2) is 35.3 Å². The summed E-state index contributed by atoms with van der Waals surface area (Å²) in [7, 11) is 0. The molecule has 0 fully saturated rings. The van der Waals surface area contributed by atoms with Crippen molar-refractivity contribution in [3.63, 3.8) is 0 Å². The first-order valence-electron chi connectivity index (χ1n) is 22.3. The highest BCUT2D eigenvalue weighted by Gasteiger charge is 2.34. The molecule has 402 valence electrons. The van der Waals surface area contributed by atoms with Crippen molar-refractivity contribution in [1.82, 2.24) is 57.2 Å². The Morgan fingerprint density at radius 3 is 1.70 bits per heavy atom. The van der Waals surface area contributed by atoms with Gasteiger partial charge in [0.05, 0.1) is 31.3 Å². The van der Waals surface area contributed by atoms with Gasteiger partial charge in [0.15, 0.2) is 11.2 Å². The predicted octanol–water partition coefficient (Wildman–Crippen LogP) is -4.20. The van der Waals surface area contributed by atoms with Gasteiger partial charge >= 0.3 is 29.8 Å². The Balaban J connectivity index is 1.71. The van der Waals surface area contributed by atoms with Gasteiger partial charge in [-0.05, 0) is 68.7 Å². The minimum absolute atomic E-state index is 0.00966. The van der Waals surface area contributed by atoms with E-state index in [0.717, 1.165) is 0 Å². The van der Waals surface area contributed by atoms with Crippen molar-refractivity contribution in [2.75, 3.05) is 30.0 Å². The molecule has 1 aromatic carbocycles. The number of fused-ring (bicyclic) bond motifs is 1. The van der Waals surface area contributed by atoms with Crippen LogP contribution in [0.25, 0.3) is 11.2 Å². The van der Waals surface area contributed by atoms with Gasteiger partial charge in [-0.2, -0.15) is 17.6 Å². The summed E-state index contributed by atoms with van der Waals surface area (Å²) >= 11 is 3.91. The van der Waals surface area contributed by atoms with E-state index >= 15 is 0 Å². The number of carboxylic acid groups (broad SMARTS) is 5. The van der Waals surface area contributed by atoms with Crippen molar-refractivity contribution < 1.29 is 78.3 Å². The topological polar surface area (TPSA) is 509 Å². The molecule has 0 aliphatic heterocycles. The fraction of sp³-hybridized carbons (Fsp3) is 0.452. The molecule has 2 heterocycles. The van der Waals surface area contributed by atoms with Crippen molar-refractivity contribution in [3.05, 3.63) is 52.1 Å². The number of nitrogens with one attached hydrogen (secondary N) is 9. The lowest BCUT2D eigenvalue weighted by Gasteiger charge is -2.26. The lowest BCUT2D eigenvalue weighted by molar-refractivity contribution is -0.145. The number of carbonyl (C=O) groups excluding carboxylic acids is 6. The summed E-state index contributed by atoms with van der Waals surface area (Å²) in [6.45, 7) is 0.238. The van der Waals surface area contributed by atoms with Crippen LogP contribution in [-0.4, -0.2) is 166 Å². The van der Waals surface area contributed by atoms with Gasteiger partial charge in [0.25, 0.3) is 11.5 Å². The summed E-state index contributed by atoms with van der Waals surface area (Å²) in [6, 6.07) is -4.84. The van der Waals surface area contributed by atoms with Crippen LogP contribution in [0.2, 0.25) is 0 Å². The van der Waals surface area contributed by atoms with Gasteiger partial charge in [-0.25, -0.2) is 19.6 Å². The summed E-state index contributed by atoms with van der Waals surface area (Å²) in [5, 5.41) is 66.6. The van der Waals surface area contributed by atoms with E-state index in [1.165, 1.54) is 30.5 Å². The molecule has 0 unspecified atom stereocenters. The molecule has 74 heavy (non-hydrogen) atoms. The van der Waals surface area contributed by atoms with Crippen molar-refractivity contribution in [2.24, 2.45) is 5.73 Å². The van der Waals surface area contributed by atoms with Gasteiger partial charge in [0.2, 0.25) is 35.5 Å².